The first kappa shape index (κ1) is 13.8. The van der Waals surface area contributed by atoms with E-state index in [0.29, 0.717) is 6.61 Å². The molecule has 0 aromatic carbocycles. The number of aryl methyl sites for hydroxylation is 2. The molecule has 5 nitrogen and oxygen atoms in total. The summed E-state index contributed by atoms with van der Waals surface area (Å²) in [6.45, 7) is 6.00. The molecule has 0 saturated carbocycles. The topological polar surface area (TPSA) is 76.1 Å². The normalized spacial score (nSPS) is 10.8. The van der Waals surface area contributed by atoms with E-state index in [2.05, 4.69) is 17.3 Å². The Morgan fingerprint density at radius 1 is 1.29 bits per heavy atom. The lowest BCUT2D eigenvalue weighted by Crippen LogP contribution is -2.09. The van der Waals surface area contributed by atoms with Crippen molar-refractivity contribution in [2.24, 2.45) is 0 Å². The molecule has 5 heteroatoms. The van der Waals surface area contributed by atoms with Gasteiger partial charge in [-0.05, 0) is 26.7 Å². The zero-order valence-corrected chi connectivity index (χ0v) is 10.9. The molecule has 1 heterocycles. The maximum absolute atomic E-state index is 8.66. The molecule has 0 amide bonds. The molecular weight excluding hydrogens is 216 g/mol. The zero-order valence-electron chi connectivity index (χ0n) is 10.9. The summed E-state index contributed by atoms with van der Waals surface area (Å²) in [6.07, 6.45) is 4.20. The van der Waals surface area contributed by atoms with Crippen LogP contribution in [0.4, 0.5) is 11.5 Å². The second kappa shape index (κ2) is 7.17. The average molecular weight is 240 g/mol. The van der Waals surface area contributed by atoms with Crippen LogP contribution in [0.15, 0.2) is 0 Å². The monoisotopic (exact) mass is 240 g/mol. The Kier molecular flexibility index (Phi) is 5.83. The largest absolute Gasteiger partial charge is 0.396 e. The van der Waals surface area contributed by atoms with E-state index < -0.39 is 0 Å². The van der Waals surface area contributed by atoms with Crippen molar-refractivity contribution in [1.82, 2.24) is 9.78 Å². The van der Waals surface area contributed by atoms with Gasteiger partial charge in [0.2, 0.25) is 0 Å². The van der Waals surface area contributed by atoms with Crippen molar-refractivity contribution in [2.75, 3.05) is 24.2 Å². The standard InChI is InChI=1S/C12H24N4O/c1-3-16-12(11(13)10(2)15-16)14-8-6-4-5-7-9-17/h14,17H,3-9,13H2,1-2H3. The van der Waals surface area contributed by atoms with Gasteiger partial charge in [0, 0.05) is 19.7 Å². The van der Waals surface area contributed by atoms with Gasteiger partial charge in [0.25, 0.3) is 0 Å². The van der Waals surface area contributed by atoms with Crippen LogP contribution in [-0.2, 0) is 6.54 Å². The molecule has 98 valence electrons. The van der Waals surface area contributed by atoms with Crippen LogP contribution in [0, 0.1) is 6.92 Å². The minimum Gasteiger partial charge on any atom is -0.396 e. The van der Waals surface area contributed by atoms with Gasteiger partial charge in [0.15, 0.2) is 0 Å². The van der Waals surface area contributed by atoms with Crippen LogP contribution in [-0.4, -0.2) is 28.0 Å². The molecule has 1 rings (SSSR count). The lowest BCUT2D eigenvalue weighted by Gasteiger charge is -2.09. The SMILES string of the molecule is CCn1nc(C)c(N)c1NCCCCCCO. The third-order valence-electron chi connectivity index (χ3n) is 2.85. The van der Waals surface area contributed by atoms with Crippen molar-refractivity contribution in [3.63, 3.8) is 0 Å². The van der Waals surface area contributed by atoms with Gasteiger partial charge in [-0.2, -0.15) is 5.10 Å². The highest BCUT2D eigenvalue weighted by Gasteiger charge is 2.10. The maximum atomic E-state index is 8.66. The average Bonchev–Trinajstić information content (AvgIpc) is 2.60. The summed E-state index contributed by atoms with van der Waals surface area (Å²) in [6, 6.07) is 0. The van der Waals surface area contributed by atoms with Crippen LogP contribution >= 0.6 is 0 Å². The summed E-state index contributed by atoms with van der Waals surface area (Å²) >= 11 is 0. The van der Waals surface area contributed by atoms with Gasteiger partial charge in [-0.15, -0.1) is 0 Å². The number of nitrogen functional groups attached to an aromatic ring is 1. The Morgan fingerprint density at radius 3 is 2.65 bits per heavy atom. The highest BCUT2D eigenvalue weighted by molar-refractivity contribution is 5.64. The van der Waals surface area contributed by atoms with E-state index in [1.54, 1.807) is 0 Å². The van der Waals surface area contributed by atoms with E-state index in [1.165, 1.54) is 0 Å². The number of aliphatic hydroxyl groups excluding tert-OH is 1. The van der Waals surface area contributed by atoms with Gasteiger partial charge in [-0.25, -0.2) is 4.68 Å². The van der Waals surface area contributed by atoms with Gasteiger partial charge >= 0.3 is 0 Å². The number of anilines is 2. The molecule has 0 radical (unpaired) electrons. The fraction of sp³-hybridized carbons (Fsp3) is 0.750. The third kappa shape index (κ3) is 3.93. The third-order valence-corrected chi connectivity index (χ3v) is 2.85. The van der Waals surface area contributed by atoms with Crippen LogP contribution in [0.3, 0.4) is 0 Å². The molecule has 0 atom stereocenters. The number of unbranched alkanes of at least 4 members (excludes halogenated alkanes) is 3. The van der Waals surface area contributed by atoms with Gasteiger partial charge in [0.05, 0.1) is 11.4 Å². The first-order valence-electron chi connectivity index (χ1n) is 6.38. The number of aliphatic hydroxyl groups is 1. The Bertz CT molecular complexity index is 335. The van der Waals surface area contributed by atoms with Gasteiger partial charge < -0.3 is 16.2 Å². The Labute approximate surface area is 103 Å². The molecule has 1 aromatic rings. The molecule has 4 N–H and O–H groups in total. The second-order valence-electron chi connectivity index (χ2n) is 4.23. The van der Waals surface area contributed by atoms with Crippen molar-refractivity contribution >= 4 is 11.5 Å². The summed E-state index contributed by atoms with van der Waals surface area (Å²) < 4.78 is 1.90. The molecular formula is C12H24N4O. The lowest BCUT2D eigenvalue weighted by molar-refractivity contribution is 0.283. The minimum atomic E-state index is 0.294. The van der Waals surface area contributed by atoms with Crippen molar-refractivity contribution in [1.29, 1.82) is 0 Å². The molecule has 0 fully saturated rings. The molecule has 0 spiro atoms. The predicted molar refractivity (Wildman–Crippen MR) is 71.1 cm³/mol. The van der Waals surface area contributed by atoms with Gasteiger partial charge in [-0.1, -0.05) is 12.8 Å². The van der Waals surface area contributed by atoms with Gasteiger partial charge in [0.1, 0.15) is 5.82 Å². The fourth-order valence-electron chi connectivity index (χ4n) is 1.81. The van der Waals surface area contributed by atoms with Crippen molar-refractivity contribution in [3.8, 4) is 0 Å². The number of hydrogen-bond acceptors (Lipinski definition) is 4. The summed E-state index contributed by atoms with van der Waals surface area (Å²) in [4.78, 5) is 0. The van der Waals surface area contributed by atoms with E-state index in [0.717, 1.165) is 56.0 Å². The molecule has 17 heavy (non-hydrogen) atoms. The zero-order chi connectivity index (χ0) is 12.7. The highest BCUT2D eigenvalue weighted by Crippen LogP contribution is 2.21. The van der Waals surface area contributed by atoms with Crippen molar-refractivity contribution in [3.05, 3.63) is 5.69 Å². The number of hydrogen-bond donors (Lipinski definition) is 3. The Hall–Kier alpha value is -1.23. The number of rotatable bonds is 8. The Morgan fingerprint density at radius 2 is 2.00 bits per heavy atom. The molecule has 1 aromatic heterocycles. The quantitative estimate of drug-likeness (QED) is 0.605. The highest BCUT2D eigenvalue weighted by atomic mass is 16.2. The minimum absolute atomic E-state index is 0.294. The fourth-order valence-corrected chi connectivity index (χ4v) is 1.81. The van der Waals surface area contributed by atoms with E-state index in [4.69, 9.17) is 10.8 Å². The van der Waals surface area contributed by atoms with Crippen LogP contribution in [0.1, 0.15) is 38.3 Å². The van der Waals surface area contributed by atoms with E-state index in [1.807, 2.05) is 11.6 Å². The van der Waals surface area contributed by atoms with E-state index in [-0.39, 0.29) is 0 Å². The van der Waals surface area contributed by atoms with E-state index in [9.17, 15) is 0 Å². The molecule has 0 unspecified atom stereocenters. The first-order chi connectivity index (χ1) is 8.20. The predicted octanol–water partition coefficient (Wildman–Crippen LogP) is 1.76. The number of nitrogens with zero attached hydrogens (tertiary/aromatic N) is 2. The number of nitrogens with one attached hydrogen (secondary N) is 1. The first-order valence-corrected chi connectivity index (χ1v) is 6.38. The number of aromatic nitrogens is 2. The van der Waals surface area contributed by atoms with Crippen LogP contribution in [0.5, 0.6) is 0 Å². The molecule has 0 saturated heterocycles. The summed E-state index contributed by atoms with van der Waals surface area (Å²) in [7, 11) is 0. The van der Waals surface area contributed by atoms with Crippen molar-refractivity contribution in [2.45, 2.75) is 46.1 Å². The molecule has 0 bridgehead atoms. The summed E-state index contributed by atoms with van der Waals surface area (Å²) in [5, 5.41) is 16.4. The molecule has 0 aliphatic heterocycles. The molecule has 0 aliphatic carbocycles. The van der Waals surface area contributed by atoms with E-state index >= 15 is 0 Å². The van der Waals surface area contributed by atoms with Crippen LogP contribution in [0.2, 0.25) is 0 Å². The van der Waals surface area contributed by atoms with Crippen molar-refractivity contribution < 1.29 is 5.11 Å². The smallest absolute Gasteiger partial charge is 0.148 e. The van der Waals surface area contributed by atoms with Gasteiger partial charge in [-0.3, -0.25) is 0 Å². The summed E-state index contributed by atoms with van der Waals surface area (Å²) in [5.74, 6) is 0.937. The van der Waals surface area contributed by atoms with Crippen LogP contribution < -0.4 is 11.1 Å². The lowest BCUT2D eigenvalue weighted by atomic mass is 10.2. The second-order valence-corrected chi connectivity index (χ2v) is 4.23. The molecule has 0 aliphatic rings. The number of nitrogens with two attached hydrogens (primary N) is 1. The summed E-state index contributed by atoms with van der Waals surface area (Å²) in [5.41, 5.74) is 7.60. The van der Waals surface area contributed by atoms with Crippen LogP contribution in [0.25, 0.3) is 0 Å². The Balaban J connectivity index is 2.35. The maximum Gasteiger partial charge on any atom is 0.148 e.